The van der Waals surface area contributed by atoms with Gasteiger partial charge in [-0.15, -0.1) is 0 Å². The van der Waals surface area contributed by atoms with E-state index in [1.807, 2.05) is 20.8 Å². The van der Waals surface area contributed by atoms with Crippen molar-refractivity contribution in [3.63, 3.8) is 0 Å². The highest BCUT2D eigenvalue weighted by molar-refractivity contribution is 5.83. The zero-order valence-electron chi connectivity index (χ0n) is 13.7. The molecule has 0 aromatic heterocycles. The number of nitrogens with one attached hydrogen (secondary N) is 1. The minimum Gasteiger partial charge on any atom is -0.349 e. The summed E-state index contributed by atoms with van der Waals surface area (Å²) in [6.45, 7) is 7.68. The standard InChI is InChI=1S/C16H25N3O3/c1-5-16(6-2,10-17)15(20)18-12(4)13-8-7-11(3)14(9-13)19(21)22/h7-9,12H,5-6,10,17H2,1-4H3,(H,18,20). The predicted molar refractivity (Wildman–Crippen MR) is 86.5 cm³/mol. The fourth-order valence-electron chi connectivity index (χ4n) is 2.48. The first-order valence-corrected chi connectivity index (χ1v) is 7.57. The Bertz CT molecular complexity index is 545. The number of benzene rings is 1. The van der Waals surface area contributed by atoms with Crippen LogP contribution in [0.2, 0.25) is 0 Å². The van der Waals surface area contributed by atoms with Crippen LogP contribution < -0.4 is 11.1 Å². The molecule has 1 rings (SSSR count). The van der Waals surface area contributed by atoms with Crippen LogP contribution in [0.1, 0.15) is 50.8 Å². The third kappa shape index (κ3) is 3.62. The maximum absolute atomic E-state index is 12.5. The average molecular weight is 307 g/mol. The molecule has 0 bridgehead atoms. The van der Waals surface area contributed by atoms with Gasteiger partial charge in [-0.3, -0.25) is 14.9 Å². The minimum absolute atomic E-state index is 0.0645. The van der Waals surface area contributed by atoms with Crippen molar-refractivity contribution >= 4 is 11.6 Å². The Morgan fingerprint density at radius 1 is 1.41 bits per heavy atom. The second-order valence-corrected chi connectivity index (χ2v) is 5.69. The van der Waals surface area contributed by atoms with Crippen molar-refractivity contribution in [2.24, 2.45) is 11.1 Å². The number of hydrogen-bond donors (Lipinski definition) is 2. The van der Waals surface area contributed by atoms with Gasteiger partial charge in [-0.1, -0.05) is 26.0 Å². The van der Waals surface area contributed by atoms with Crippen LogP contribution in [0.25, 0.3) is 0 Å². The Morgan fingerprint density at radius 3 is 2.45 bits per heavy atom. The topological polar surface area (TPSA) is 98.3 Å². The van der Waals surface area contributed by atoms with Crippen molar-refractivity contribution in [2.45, 2.75) is 46.6 Å². The molecule has 1 atom stereocenters. The van der Waals surface area contributed by atoms with E-state index in [-0.39, 0.29) is 24.2 Å². The van der Waals surface area contributed by atoms with Crippen molar-refractivity contribution in [3.8, 4) is 0 Å². The highest BCUT2D eigenvalue weighted by Gasteiger charge is 2.34. The van der Waals surface area contributed by atoms with Gasteiger partial charge < -0.3 is 11.1 Å². The lowest BCUT2D eigenvalue weighted by Crippen LogP contribution is -2.46. The molecule has 3 N–H and O–H groups in total. The predicted octanol–water partition coefficient (Wildman–Crippen LogP) is 2.85. The molecule has 122 valence electrons. The van der Waals surface area contributed by atoms with Gasteiger partial charge >= 0.3 is 0 Å². The molecule has 0 spiro atoms. The van der Waals surface area contributed by atoms with Crippen LogP contribution in [0.15, 0.2) is 18.2 Å². The Balaban J connectivity index is 2.98. The summed E-state index contributed by atoms with van der Waals surface area (Å²) in [4.78, 5) is 23.1. The highest BCUT2D eigenvalue weighted by Crippen LogP contribution is 2.28. The minimum atomic E-state index is -0.578. The highest BCUT2D eigenvalue weighted by atomic mass is 16.6. The molecule has 0 heterocycles. The van der Waals surface area contributed by atoms with E-state index in [4.69, 9.17) is 5.73 Å². The van der Waals surface area contributed by atoms with E-state index in [2.05, 4.69) is 5.32 Å². The quantitative estimate of drug-likeness (QED) is 0.597. The fraction of sp³-hybridized carbons (Fsp3) is 0.562. The molecule has 22 heavy (non-hydrogen) atoms. The van der Waals surface area contributed by atoms with Crippen LogP contribution in [0.3, 0.4) is 0 Å². The molecule has 0 aliphatic rings. The number of aryl methyl sites for hydroxylation is 1. The lowest BCUT2D eigenvalue weighted by Gasteiger charge is -2.30. The van der Waals surface area contributed by atoms with Crippen molar-refractivity contribution in [1.29, 1.82) is 0 Å². The van der Waals surface area contributed by atoms with Gasteiger partial charge in [0, 0.05) is 18.2 Å². The molecule has 1 aromatic carbocycles. The van der Waals surface area contributed by atoms with Crippen LogP contribution in [-0.2, 0) is 4.79 Å². The molecule has 0 saturated heterocycles. The Morgan fingerprint density at radius 2 is 2.00 bits per heavy atom. The van der Waals surface area contributed by atoms with Crippen molar-refractivity contribution < 1.29 is 9.72 Å². The lowest BCUT2D eigenvalue weighted by atomic mass is 9.81. The van der Waals surface area contributed by atoms with E-state index >= 15 is 0 Å². The summed E-state index contributed by atoms with van der Waals surface area (Å²) < 4.78 is 0. The van der Waals surface area contributed by atoms with Gasteiger partial charge in [-0.25, -0.2) is 0 Å². The zero-order chi connectivity index (χ0) is 16.9. The molecule has 0 aliphatic carbocycles. The number of amides is 1. The van der Waals surface area contributed by atoms with Crippen LogP contribution in [0.5, 0.6) is 0 Å². The summed E-state index contributed by atoms with van der Waals surface area (Å²) in [6, 6.07) is 4.71. The second kappa shape index (κ2) is 7.35. The number of nitro benzene ring substituents is 1. The summed E-state index contributed by atoms with van der Waals surface area (Å²) in [6.07, 6.45) is 1.32. The van der Waals surface area contributed by atoms with E-state index < -0.39 is 10.3 Å². The molecule has 6 nitrogen and oxygen atoms in total. The first-order chi connectivity index (χ1) is 10.3. The maximum Gasteiger partial charge on any atom is 0.272 e. The van der Waals surface area contributed by atoms with Crippen LogP contribution >= 0.6 is 0 Å². The summed E-state index contributed by atoms with van der Waals surface area (Å²) >= 11 is 0. The van der Waals surface area contributed by atoms with E-state index in [0.29, 0.717) is 24.0 Å². The van der Waals surface area contributed by atoms with Gasteiger partial charge in [0.2, 0.25) is 5.91 Å². The molecular weight excluding hydrogens is 282 g/mol. The molecular formula is C16H25N3O3. The van der Waals surface area contributed by atoms with Crippen LogP contribution in [0, 0.1) is 22.5 Å². The maximum atomic E-state index is 12.5. The van der Waals surface area contributed by atoms with E-state index in [1.165, 1.54) is 6.07 Å². The third-order valence-corrected chi connectivity index (χ3v) is 4.50. The van der Waals surface area contributed by atoms with Crippen LogP contribution in [-0.4, -0.2) is 17.4 Å². The zero-order valence-corrected chi connectivity index (χ0v) is 13.7. The molecule has 0 aliphatic heterocycles. The van der Waals surface area contributed by atoms with Gasteiger partial charge in [-0.05, 0) is 32.3 Å². The van der Waals surface area contributed by atoms with Gasteiger partial charge in [0.25, 0.3) is 5.69 Å². The van der Waals surface area contributed by atoms with E-state index in [0.717, 1.165) is 0 Å². The molecule has 6 heteroatoms. The summed E-state index contributed by atoms with van der Waals surface area (Å²) in [5.41, 5.74) is 6.58. The Kier molecular flexibility index (Phi) is 6.05. The number of hydrogen-bond acceptors (Lipinski definition) is 4. The van der Waals surface area contributed by atoms with Gasteiger partial charge in [0.05, 0.1) is 16.4 Å². The molecule has 1 unspecified atom stereocenters. The van der Waals surface area contributed by atoms with Gasteiger partial charge in [0.1, 0.15) is 0 Å². The van der Waals surface area contributed by atoms with Crippen LogP contribution in [0.4, 0.5) is 5.69 Å². The fourth-order valence-corrected chi connectivity index (χ4v) is 2.48. The summed E-state index contributed by atoms with van der Waals surface area (Å²) in [5, 5.41) is 14.0. The summed E-state index contributed by atoms with van der Waals surface area (Å²) in [7, 11) is 0. The average Bonchev–Trinajstić information content (AvgIpc) is 2.49. The van der Waals surface area contributed by atoms with Gasteiger partial charge in [0.15, 0.2) is 0 Å². The van der Waals surface area contributed by atoms with E-state index in [9.17, 15) is 14.9 Å². The number of carbonyl (C=O) groups excluding carboxylic acids is 1. The monoisotopic (exact) mass is 307 g/mol. The number of nitrogens with two attached hydrogens (primary N) is 1. The normalized spacial score (nSPS) is 12.8. The molecule has 0 radical (unpaired) electrons. The number of nitrogens with zero attached hydrogens (tertiary/aromatic N) is 1. The molecule has 0 saturated carbocycles. The number of rotatable bonds is 7. The first kappa shape index (κ1) is 18.1. The lowest BCUT2D eigenvalue weighted by molar-refractivity contribution is -0.385. The smallest absolute Gasteiger partial charge is 0.272 e. The largest absolute Gasteiger partial charge is 0.349 e. The molecule has 1 aromatic rings. The third-order valence-electron chi connectivity index (χ3n) is 4.50. The van der Waals surface area contributed by atoms with E-state index in [1.54, 1.807) is 19.1 Å². The van der Waals surface area contributed by atoms with Gasteiger partial charge in [-0.2, -0.15) is 0 Å². The summed E-state index contributed by atoms with van der Waals surface area (Å²) in [5.74, 6) is -0.101. The number of carbonyl (C=O) groups is 1. The number of nitro groups is 1. The Hall–Kier alpha value is -1.95. The molecule has 0 fully saturated rings. The Labute approximate surface area is 131 Å². The first-order valence-electron chi connectivity index (χ1n) is 7.57. The SMILES string of the molecule is CCC(CC)(CN)C(=O)NC(C)c1ccc(C)c([N+](=O)[O-])c1. The molecule has 1 amide bonds. The van der Waals surface area contributed by atoms with Crippen molar-refractivity contribution in [3.05, 3.63) is 39.4 Å². The van der Waals surface area contributed by atoms with Crippen molar-refractivity contribution in [2.75, 3.05) is 6.54 Å². The second-order valence-electron chi connectivity index (χ2n) is 5.69. The van der Waals surface area contributed by atoms with Crippen molar-refractivity contribution in [1.82, 2.24) is 5.32 Å².